The van der Waals surface area contributed by atoms with Gasteiger partial charge in [-0.2, -0.15) is 0 Å². The van der Waals surface area contributed by atoms with Crippen LogP contribution in [0.5, 0.6) is 0 Å². The SMILES string of the molecule is CC(C)(C)OC(=O)N1C[C@@H]2C[C@@H]1CN2c1ncc(C(=O)NO)cn1. The number of aromatic nitrogens is 2. The van der Waals surface area contributed by atoms with Crippen molar-refractivity contribution < 1.29 is 19.5 Å². The lowest BCUT2D eigenvalue weighted by Gasteiger charge is -2.35. The van der Waals surface area contributed by atoms with Gasteiger partial charge in [0.25, 0.3) is 5.91 Å². The van der Waals surface area contributed by atoms with Crippen molar-refractivity contribution in [3.8, 4) is 0 Å². The molecule has 2 aliphatic rings. The lowest BCUT2D eigenvalue weighted by atomic mass is 10.2. The fourth-order valence-electron chi connectivity index (χ4n) is 3.11. The van der Waals surface area contributed by atoms with E-state index >= 15 is 0 Å². The molecule has 0 unspecified atom stereocenters. The Morgan fingerprint density at radius 1 is 1.25 bits per heavy atom. The molecule has 9 heteroatoms. The zero-order chi connectivity index (χ0) is 17.5. The van der Waals surface area contributed by atoms with Crippen molar-refractivity contribution in [2.45, 2.75) is 44.9 Å². The zero-order valence-electron chi connectivity index (χ0n) is 13.9. The van der Waals surface area contributed by atoms with Gasteiger partial charge in [0.15, 0.2) is 0 Å². The van der Waals surface area contributed by atoms with Crippen molar-refractivity contribution in [1.29, 1.82) is 0 Å². The molecule has 2 aliphatic heterocycles. The highest BCUT2D eigenvalue weighted by atomic mass is 16.6. The molecule has 2 fully saturated rings. The molecular formula is C15H21N5O4. The lowest BCUT2D eigenvalue weighted by molar-refractivity contribution is 0.0214. The van der Waals surface area contributed by atoms with Crippen molar-refractivity contribution >= 4 is 17.9 Å². The second-order valence-corrected chi connectivity index (χ2v) is 7.04. The van der Waals surface area contributed by atoms with Crippen LogP contribution in [0.1, 0.15) is 37.6 Å². The quantitative estimate of drug-likeness (QED) is 0.608. The van der Waals surface area contributed by atoms with E-state index < -0.39 is 11.5 Å². The van der Waals surface area contributed by atoms with Crippen LogP contribution in [0.25, 0.3) is 0 Å². The maximum atomic E-state index is 12.2. The topological polar surface area (TPSA) is 108 Å². The predicted octanol–water partition coefficient (Wildman–Crippen LogP) is 0.794. The number of likely N-dealkylation sites (tertiary alicyclic amines) is 1. The summed E-state index contributed by atoms with van der Waals surface area (Å²) in [5, 5.41) is 8.60. The van der Waals surface area contributed by atoms with Gasteiger partial charge in [-0.25, -0.2) is 20.2 Å². The largest absolute Gasteiger partial charge is 0.444 e. The number of nitrogens with one attached hydrogen (secondary N) is 1. The number of ether oxygens (including phenoxy) is 1. The van der Waals surface area contributed by atoms with Crippen molar-refractivity contribution in [1.82, 2.24) is 20.3 Å². The molecule has 0 aromatic carbocycles. The Labute approximate surface area is 139 Å². The zero-order valence-corrected chi connectivity index (χ0v) is 13.9. The van der Waals surface area contributed by atoms with Gasteiger partial charge in [-0.15, -0.1) is 0 Å². The van der Waals surface area contributed by atoms with Crippen LogP contribution < -0.4 is 10.4 Å². The van der Waals surface area contributed by atoms with E-state index in [4.69, 9.17) is 9.94 Å². The highest BCUT2D eigenvalue weighted by Gasteiger charge is 2.47. The minimum Gasteiger partial charge on any atom is -0.444 e. The highest BCUT2D eigenvalue weighted by molar-refractivity contribution is 5.92. The first-order valence-corrected chi connectivity index (χ1v) is 7.81. The number of anilines is 1. The summed E-state index contributed by atoms with van der Waals surface area (Å²) in [5.74, 6) is -0.138. The number of carbonyl (C=O) groups excluding carboxylic acids is 2. The Balaban J connectivity index is 1.65. The fourth-order valence-corrected chi connectivity index (χ4v) is 3.11. The molecule has 2 saturated heterocycles. The van der Waals surface area contributed by atoms with E-state index in [0.717, 1.165) is 6.42 Å². The maximum absolute atomic E-state index is 12.2. The molecule has 3 heterocycles. The summed E-state index contributed by atoms with van der Waals surface area (Å²) < 4.78 is 5.44. The van der Waals surface area contributed by atoms with Crippen LogP contribution in [0.15, 0.2) is 12.4 Å². The van der Waals surface area contributed by atoms with E-state index in [1.165, 1.54) is 12.4 Å². The van der Waals surface area contributed by atoms with Crippen LogP contribution in [0.4, 0.5) is 10.7 Å². The first kappa shape index (κ1) is 16.4. The Bertz CT molecular complexity index is 642. The first-order valence-electron chi connectivity index (χ1n) is 7.81. The highest BCUT2D eigenvalue weighted by Crippen LogP contribution is 2.33. The van der Waals surface area contributed by atoms with Crippen molar-refractivity contribution in [2.75, 3.05) is 18.0 Å². The van der Waals surface area contributed by atoms with Crippen LogP contribution in [0.3, 0.4) is 0 Å². The van der Waals surface area contributed by atoms with Crippen LogP contribution in [0.2, 0.25) is 0 Å². The van der Waals surface area contributed by atoms with Crippen LogP contribution in [-0.2, 0) is 4.74 Å². The first-order chi connectivity index (χ1) is 11.3. The standard InChI is InChI=1S/C15H21N5O4/c1-15(2,3)24-14(22)20-8-10-4-11(20)7-19(10)13-16-5-9(6-17-13)12(21)18-23/h5-6,10-11,23H,4,7-8H2,1-3H3,(H,18,21)/t10-,11+/m0/s1. The van der Waals surface area contributed by atoms with E-state index in [1.54, 1.807) is 10.4 Å². The molecular weight excluding hydrogens is 314 g/mol. The van der Waals surface area contributed by atoms with E-state index in [0.29, 0.717) is 19.0 Å². The Morgan fingerprint density at radius 3 is 2.42 bits per heavy atom. The fraction of sp³-hybridized carbons (Fsp3) is 0.600. The molecule has 3 rings (SSSR count). The maximum Gasteiger partial charge on any atom is 0.410 e. The summed E-state index contributed by atoms with van der Waals surface area (Å²) in [4.78, 5) is 35.7. The average molecular weight is 335 g/mol. The molecule has 2 N–H and O–H groups in total. The van der Waals surface area contributed by atoms with Gasteiger partial charge in [0.1, 0.15) is 5.60 Å². The molecule has 2 atom stereocenters. The van der Waals surface area contributed by atoms with E-state index in [-0.39, 0.29) is 23.7 Å². The third kappa shape index (κ3) is 3.12. The molecule has 2 amide bonds. The van der Waals surface area contributed by atoms with Crippen LogP contribution >= 0.6 is 0 Å². The number of hydrogen-bond acceptors (Lipinski definition) is 7. The van der Waals surface area contributed by atoms with Crippen LogP contribution in [-0.4, -0.2) is 62.8 Å². The monoisotopic (exact) mass is 335 g/mol. The van der Waals surface area contributed by atoms with Gasteiger partial charge in [-0.05, 0) is 27.2 Å². The molecule has 24 heavy (non-hydrogen) atoms. The number of amides is 2. The number of carbonyl (C=O) groups is 2. The number of hydrogen-bond donors (Lipinski definition) is 2. The normalized spacial score (nSPS) is 22.7. The Kier molecular flexibility index (Phi) is 4.04. The van der Waals surface area contributed by atoms with Gasteiger partial charge in [0, 0.05) is 25.5 Å². The molecule has 130 valence electrons. The molecule has 9 nitrogen and oxygen atoms in total. The third-order valence-corrected chi connectivity index (χ3v) is 4.13. The molecule has 0 spiro atoms. The van der Waals surface area contributed by atoms with Crippen molar-refractivity contribution in [3.63, 3.8) is 0 Å². The van der Waals surface area contributed by atoms with E-state index in [1.807, 2.05) is 25.7 Å². The van der Waals surface area contributed by atoms with Gasteiger partial charge < -0.3 is 14.5 Å². The molecule has 0 saturated carbocycles. The second-order valence-electron chi connectivity index (χ2n) is 7.04. The van der Waals surface area contributed by atoms with Gasteiger partial charge in [0.05, 0.1) is 17.6 Å². The van der Waals surface area contributed by atoms with E-state index in [9.17, 15) is 9.59 Å². The number of rotatable bonds is 2. The predicted molar refractivity (Wildman–Crippen MR) is 83.8 cm³/mol. The van der Waals surface area contributed by atoms with E-state index in [2.05, 4.69) is 9.97 Å². The third-order valence-electron chi connectivity index (χ3n) is 4.13. The summed E-state index contributed by atoms with van der Waals surface area (Å²) in [7, 11) is 0. The van der Waals surface area contributed by atoms with Crippen LogP contribution in [0, 0.1) is 0 Å². The summed E-state index contributed by atoms with van der Waals surface area (Å²) in [6.07, 6.45) is 3.30. The number of hydroxylamine groups is 1. The molecule has 0 aliphatic carbocycles. The lowest BCUT2D eigenvalue weighted by Crippen LogP contribution is -2.50. The summed E-state index contributed by atoms with van der Waals surface area (Å²) >= 11 is 0. The number of nitrogens with zero attached hydrogens (tertiary/aromatic N) is 4. The molecule has 1 aromatic rings. The Hall–Kier alpha value is -2.42. The molecule has 0 radical (unpaired) electrons. The second kappa shape index (κ2) is 5.90. The molecule has 1 aromatic heterocycles. The van der Waals surface area contributed by atoms with Crippen molar-refractivity contribution in [3.05, 3.63) is 18.0 Å². The smallest absolute Gasteiger partial charge is 0.410 e. The average Bonchev–Trinajstić information content (AvgIpc) is 3.13. The minimum atomic E-state index is -0.652. The van der Waals surface area contributed by atoms with Gasteiger partial charge in [0.2, 0.25) is 5.95 Å². The van der Waals surface area contributed by atoms with Crippen molar-refractivity contribution in [2.24, 2.45) is 0 Å². The number of piperazine rings is 1. The molecule has 2 bridgehead atoms. The van der Waals surface area contributed by atoms with Gasteiger partial charge in [-0.3, -0.25) is 10.0 Å². The Morgan fingerprint density at radius 2 is 1.92 bits per heavy atom. The summed E-state index contributed by atoms with van der Waals surface area (Å²) in [6, 6.07) is 0.217. The minimum absolute atomic E-state index is 0.0777. The summed E-state index contributed by atoms with van der Waals surface area (Å²) in [5.41, 5.74) is 1.22. The number of fused-ring (bicyclic) bond motifs is 2. The van der Waals surface area contributed by atoms with Gasteiger partial charge >= 0.3 is 6.09 Å². The van der Waals surface area contributed by atoms with Gasteiger partial charge in [-0.1, -0.05) is 0 Å². The summed E-state index contributed by atoms with van der Waals surface area (Å²) in [6.45, 7) is 6.76.